The van der Waals surface area contributed by atoms with Crippen LogP contribution in [-0.2, 0) is 9.59 Å². The molecule has 0 unspecified atom stereocenters. The van der Waals surface area contributed by atoms with Gasteiger partial charge in [-0.2, -0.15) is 11.8 Å². The first-order valence-corrected chi connectivity index (χ1v) is 10.2. The van der Waals surface area contributed by atoms with Crippen LogP contribution in [0, 0.1) is 28.6 Å². The van der Waals surface area contributed by atoms with Crippen molar-refractivity contribution in [1.82, 2.24) is 0 Å². The topological polar surface area (TPSA) is 34.1 Å². The Bertz CT molecular complexity index is 634. The lowest BCUT2D eigenvalue weighted by molar-refractivity contribution is -0.126. The van der Waals surface area contributed by atoms with Crippen LogP contribution < -0.4 is 0 Å². The minimum atomic E-state index is -0.216. The van der Waals surface area contributed by atoms with Crippen LogP contribution in [0.3, 0.4) is 0 Å². The number of allylic oxidation sites excluding steroid dienone is 4. The molecule has 23 heavy (non-hydrogen) atoms. The van der Waals surface area contributed by atoms with Gasteiger partial charge < -0.3 is 0 Å². The van der Waals surface area contributed by atoms with Gasteiger partial charge in [0.15, 0.2) is 11.6 Å². The predicted octanol–water partition coefficient (Wildman–Crippen LogP) is 4.20. The Labute approximate surface area is 143 Å². The van der Waals surface area contributed by atoms with Crippen molar-refractivity contribution >= 4 is 23.3 Å². The van der Waals surface area contributed by atoms with Gasteiger partial charge >= 0.3 is 0 Å². The average Bonchev–Trinajstić information content (AvgIpc) is 2.86. The first kappa shape index (κ1) is 15.7. The van der Waals surface area contributed by atoms with E-state index >= 15 is 0 Å². The number of ketones is 2. The molecule has 0 saturated heterocycles. The normalized spacial score (nSPS) is 48.6. The van der Waals surface area contributed by atoms with Gasteiger partial charge in [-0.1, -0.05) is 19.9 Å². The fourth-order valence-electron chi connectivity index (χ4n) is 6.37. The molecule has 0 bridgehead atoms. The third kappa shape index (κ3) is 2.01. The second kappa shape index (κ2) is 5.08. The highest BCUT2D eigenvalue weighted by Gasteiger charge is 2.59. The Morgan fingerprint density at radius 1 is 1.13 bits per heavy atom. The minimum Gasteiger partial charge on any atom is -0.295 e. The molecule has 2 nitrogen and oxygen atoms in total. The summed E-state index contributed by atoms with van der Waals surface area (Å²) in [6, 6.07) is 0. The van der Waals surface area contributed by atoms with Crippen LogP contribution in [0.25, 0.3) is 0 Å². The van der Waals surface area contributed by atoms with Gasteiger partial charge in [0, 0.05) is 22.7 Å². The highest BCUT2D eigenvalue weighted by atomic mass is 32.2. The summed E-state index contributed by atoms with van der Waals surface area (Å²) in [7, 11) is 0. The fourth-order valence-corrected chi connectivity index (χ4v) is 7.58. The number of Topliss-reactive ketones (excluding diaryl/α,β-unsaturated/α-hetero) is 1. The molecule has 0 radical (unpaired) electrons. The van der Waals surface area contributed by atoms with E-state index in [2.05, 4.69) is 20.1 Å². The number of hydrogen-bond acceptors (Lipinski definition) is 3. The third-order valence-corrected chi connectivity index (χ3v) is 8.93. The Kier molecular flexibility index (Phi) is 3.46. The van der Waals surface area contributed by atoms with Crippen molar-refractivity contribution in [2.75, 3.05) is 6.26 Å². The van der Waals surface area contributed by atoms with Crippen LogP contribution in [0.5, 0.6) is 0 Å². The van der Waals surface area contributed by atoms with Gasteiger partial charge in [-0.3, -0.25) is 9.59 Å². The summed E-state index contributed by atoms with van der Waals surface area (Å²) in [6.45, 7) is 4.67. The van der Waals surface area contributed by atoms with Crippen LogP contribution >= 0.6 is 11.8 Å². The molecule has 3 saturated carbocycles. The molecule has 124 valence electrons. The average molecular weight is 330 g/mol. The number of rotatable bonds is 1. The van der Waals surface area contributed by atoms with E-state index in [0.717, 1.165) is 10.8 Å². The summed E-state index contributed by atoms with van der Waals surface area (Å²) < 4.78 is 0. The van der Waals surface area contributed by atoms with Gasteiger partial charge in [0.25, 0.3) is 0 Å². The van der Waals surface area contributed by atoms with E-state index in [-0.39, 0.29) is 17.0 Å². The van der Waals surface area contributed by atoms with Gasteiger partial charge in [-0.25, -0.2) is 0 Å². The third-order valence-electron chi connectivity index (χ3n) is 7.59. The maximum atomic E-state index is 12.8. The molecule has 3 heteroatoms. The van der Waals surface area contributed by atoms with E-state index in [1.54, 1.807) is 12.2 Å². The zero-order valence-electron chi connectivity index (χ0n) is 14.3. The lowest BCUT2D eigenvalue weighted by atomic mass is 9.48. The van der Waals surface area contributed by atoms with Crippen molar-refractivity contribution in [1.29, 1.82) is 0 Å². The van der Waals surface area contributed by atoms with E-state index in [1.807, 2.05) is 17.8 Å². The number of thioether (sulfide) groups is 1. The first-order chi connectivity index (χ1) is 10.9. The molecular weight excluding hydrogens is 304 g/mol. The van der Waals surface area contributed by atoms with Gasteiger partial charge in [0.2, 0.25) is 0 Å². The summed E-state index contributed by atoms with van der Waals surface area (Å²) in [5.41, 5.74) is 0.966. The summed E-state index contributed by atoms with van der Waals surface area (Å²) in [5.74, 6) is 1.90. The van der Waals surface area contributed by atoms with Crippen molar-refractivity contribution in [2.45, 2.75) is 51.2 Å². The van der Waals surface area contributed by atoms with Gasteiger partial charge in [0.1, 0.15) is 0 Å². The lowest BCUT2D eigenvalue weighted by Crippen LogP contribution is -2.52. The van der Waals surface area contributed by atoms with Crippen LogP contribution in [0.2, 0.25) is 0 Å². The quantitative estimate of drug-likeness (QED) is 0.722. The molecule has 0 amide bonds. The van der Waals surface area contributed by atoms with Crippen molar-refractivity contribution in [3.8, 4) is 0 Å². The molecule has 0 heterocycles. The molecule has 6 atom stereocenters. The summed E-state index contributed by atoms with van der Waals surface area (Å²) in [5, 5.41) is 0.747. The van der Waals surface area contributed by atoms with Crippen molar-refractivity contribution in [3.05, 3.63) is 23.8 Å². The molecule has 0 aromatic rings. The standard InChI is InChI=1S/C20H26O2S/c1-19-8-6-12(21)10-16(19)17(22)11-13-14-4-5-18(23-3)20(14,2)9-7-15(13)19/h6,8,10,13-15,18H,4-5,7,9,11H2,1-3H3/t13-,14-,15-,18-,19+,20-/m0/s1. The molecule has 0 aliphatic heterocycles. The van der Waals surface area contributed by atoms with Gasteiger partial charge in [-0.05, 0) is 67.3 Å². The second-order valence-corrected chi connectivity index (χ2v) is 9.47. The number of fused-ring (bicyclic) bond motifs is 5. The molecule has 0 aromatic carbocycles. The van der Waals surface area contributed by atoms with Crippen LogP contribution in [0.15, 0.2) is 23.8 Å². The predicted molar refractivity (Wildman–Crippen MR) is 94.3 cm³/mol. The maximum absolute atomic E-state index is 12.8. The minimum absolute atomic E-state index is 0.0202. The van der Waals surface area contributed by atoms with Crippen molar-refractivity contribution < 1.29 is 9.59 Å². The largest absolute Gasteiger partial charge is 0.295 e. The Morgan fingerprint density at radius 3 is 2.65 bits per heavy atom. The molecule has 4 aliphatic rings. The zero-order valence-corrected chi connectivity index (χ0v) is 15.1. The van der Waals surface area contributed by atoms with Crippen LogP contribution in [0.4, 0.5) is 0 Å². The molecule has 0 aromatic heterocycles. The SMILES string of the molecule is CS[C@H]1CC[C@H]2[C@@H]3CC(=O)C4=CC(=O)C=C[C@]4(C)[C@H]3CC[C@]12C. The first-order valence-electron chi connectivity index (χ1n) is 8.91. The number of carbonyl (C=O) groups excluding carboxylic acids is 2. The van der Waals surface area contributed by atoms with Crippen LogP contribution in [-0.4, -0.2) is 23.1 Å². The summed E-state index contributed by atoms with van der Waals surface area (Å²) in [6.07, 6.45) is 13.3. The summed E-state index contributed by atoms with van der Waals surface area (Å²) >= 11 is 2.02. The number of hydrogen-bond donors (Lipinski definition) is 0. The molecule has 0 spiro atoms. The second-order valence-electron chi connectivity index (χ2n) is 8.43. The fraction of sp³-hybridized carbons (Fsp3) is 0.700. The zero-order chi connectivity index (χ0) is 16.4. The van der Waals surface area contributed by atoms with Gasteiger partial charge in [-0.15, -0.1) is 0 Å². The number of carbonyl (C=O) groups is 2. The summed E-state index contributed by atoms with van der Waals surface area (Å²) in [4.78, 5) is 24.6. The highest BCUT2D eigenvalue weighted by molar-refractivity contribution is 7.99. The van der Waals surface area contributed by atoms with E-state index in [4.69, 9.17) is 0 Å². The van der Waals surface area contributed by atoms with E-state index in [9.17, 15) is 9.59 Å². The highest BCUT2D eigenvalue weighted by Crippen LogP contribution is 2.65. The van der Waals surface area contributed by atoms with Crippen molar-refractivity contribution in [2.24, 2.45) is 28.6 Å². The molecular formula is C20H26O2S. The Morgan fingerprint density at radius 2 is 1.91 bits per heavy atom. The van der Waals surface area contributed by atoms with Crippen molar-refractivity contribution in [3.63, 3.8) is 0 Å². The molecule has 0 N–H and O–H groups in total. The smallest absolute Gasteiger partial charge is 0.178 e. The molecule has 4 rings (SSSR count). The van der Waals surface area contributed by atoms with Gasteiger partial charge in [0.05, 0.1) is 0 Å². The van der Waals surface area contributed by atoms with Crippen LogP contribution in [0.1, 0.15) is 46.0 Å². The maximum Gasteiger partial charge on any atom is 0.178 e. The molecule has 4 aliphatic carbocycles. The molecule has 3 fully saturated rings. The lowest BCUT2D eigenvalue weighted by Gasteiger charge is -2.56. The van der Waals surface area contributed by atoms with E-state index in [0.29, 0.717) is 29.6 Å². The Hall–Kier alpha value is -0.830. The van der Waals surface area contributed by atoms with E-state index < -0.39 is 0 Å². The monoisotopic (exact) mass is 330 g/mol. The Balaban J connectivity index is 1.73. The van der Waals surface area contributed by atoms with E-state index in [1.165, 1.54) is 25.7 Å².